The lowest BCUT2D eigenvalue weighted by Gasteiger charge is -2.01. The molecule has 4 rings (SSSR count). The Hall–Kier alpha value is -3.81. The maximum absolute atomic E-state index is 10.9. The fraction of sp³-hybridized carbons (Fsp3) is 0.105. The summed E-state index contributed by atoms with van der Waals surface area (Å²) in [6.07, 6.45) is 1.83. The summed E-state index contributed by atoms with van der Waals surface area (Å²) in [5.41, 5.74) is 4.34. The molecule has 2 aromatic carbocycles. The van der Waals surface area contributed by atoms with Gasteiger partial charge < -0.3 is 5.11 Å². The number of carboxylic acids is 1. The van der Waals surface area contributed by atoms with Gasteiger partial charge >= 0.3 is 5.97 Å². The average Bonchev–Trinajstić information content (AvgIpc) is 3.29. The van der Waals surface area contributed by atoms with Crippen LogP contribution in [0.2, 0.25) is 0 Å². The molecule has 0 amide bonds. The Morgan fingerprint density at radius 2 is 1.78 bits per heavy atom. The van der Waals surface area contributed by atoms with Crippen molar-refractivity contribution < 1.29 is 9.90 Å². The van der Waals surface area contributed by atoms with Crippen molar-refractivity contribution in [3.05, 3.63) is 66.4 Å². The topological polar surface area (TPSA) is 98.7 Å². The third kappa shape index (κ3) is 3.45. The van der Waals surface area contributed by atoms with Crippen molar-refractivity contribution in [2.24, 2.45) is 0 Å². The van der Waals surface area contributed by atoms with Gasteiger partial charge in [0, 0.05) is 11.8 Å². The molecule has 0 spiro atoms. The molecule has 134 valence electrons. The summed E-state index contributed by atoms with van der Waals surface area (Å²) in [4.78, 5) is 11.9. The second-order valence-electron chi connectivity index (χ2n) is 6.07. The fourth-order valence-corrected chi connectivity index (χ4v) is 2.71. The number of aromatic nitrogens is 6. The number of carboxylic acid groups (broad SMARTS) is 1. The number of aliphatic carboxylic acids is 1. The van der Waals surface area contributed by atoms with Crippen molar-refractivity contribution in [2.75, 3.05) is 0 Å². The zero-order chi connectivity index (χ0) is 18.8. The van der Waals surface area contributed by atoms with E-state index in [2.05, 4.69) is 15.4 Å². The van der Waals surface area contributed by atoms with E-state index in [9.17, 15) is 4.79 Å². The number of benzene rings is 2. The SMILES string of the molecule is Cc1ccc(-c2nn(-c3ccccc3)cc2-c2nnn(CC(=O)O)n2)cc1. The van der Waals surface area contributed by atoms with Crippen molar-refractivity contribution in [1.29, 1.82) is 0 Å². The molecule has 0 saturated carbocycles. The molecule has 27 heavy (non-hydrogen) atoms. The number of tetrazole rings is 1. The summed E-state index contributed by atoms with van der Waals surface area (Å²) in [5, 5.41) is 25.7. The minimum absolute atomic E-state index is 0.328. The lowest BCUT2D eigenvalue weighted by atomic mass is 10.1. The predicted octanol–water partition coefficient (Wildman–Crippen LogP) is 2.59. The number of para-hydroxylation sites is 1. The number of aryl methyl sites for hydroxylation is 1. The number of hydrogen-bond acceptors (Lipinski definition) is 5. The minimum atomic E-state index is -1.03. The van der Waals surface area contributed by atoms with Gasteiger partial charge in [-0.15, -0.1) is 10.2 Å². The Labute approximate surface area is 154 Å². The zero-order valence-electron chi connectivity index (χ0n) is 14.5. The second kappa shape index (κ2) is 6.83. The minimum Gasteiger partial charge on any atom is -0.480 e. The molecule has 0 unspecified atom stereocenters. The van der Waals surface area contributed by atoms with Crippen LogP contribution in [-0.2, 0) is 11.3 Å². The molecule has 0 aliphatic carbocycles. The standard InChI is InChI=1S/C19H16N6O2/c1-13-7-9-14(10-8-13)18-16(19-20-23-25(22-19)12-17(26)27)11-24(21-18)15-5-3-2-4-6-15/h2-11H,12H2,1H3,(H,26,27). The van der Waals surface area contributed by atoms with E-state index in [0.29, 0.717) is 17.1 Å². The first-order valence-electron chi connectivity index (χ1n) is 8.32. The van der Waals surface area contributed by atoms with Crippen molar-refractivity contribution >= 4 is 5.97 Å². The van der Waals surface area contributed by atoms with E-state index in [1.54, 1.807) is 4.68 Å². The Balaban J connectivity index is 1.83. The Bertz CT molecular complexity index is 1080. The van der Waals surface area contributed by atoms with E-state index in [-0.39, 0.29) is 6.54 Å². The van der Waals surface area contributed by atoms with Crippen LogP contribution in [0.1, 0.15) is 5.56 Å². The van der Waals surface area contributed by atoms with Gasteiger partial charge in [-0.05, 0) is 24.3 Å². The highest BCUT2D eigenvalue weighted by atomic mass is 16.4. The highest BCUT2D eigenvalue weighted by Crippen LogP contribution is 2.30. The van der Waals surface area contributed by atoms with Gasteiger partial charge in [-0.3, -0.25) is 4.79 Å². The number of nitrogens with zero attached hydrogens (tertiary/aromatic N) is 6. The Kier molecular flexibility index (Phi) is 4.21. The normalized spacial score (nSPS) is 10.9. The Morgan fingerprint density at radius 3 is 2.48 bits per heavy atom. The molecule has 0 bridgehead atoms. The first-order valence-corrected chi connectivity index (χ1v) is 8.32. The van der Waals surface area contributed by atoms with Gasteiger partial charge in [0.2, 0.25) is 5.82 Å². The quantitative estimate of drug-likeness (QED) is 0.587. The molecule has 0 atom stereocenters. The van der Waals surface area contributed by atoms with E-state index < -0.39 is 5.97 Å². The van der Waals surface area contributed by atoms with Gasteiger partial charge in [0.25, 0.3) is 0 Å². The third-order valence-corrected chi connectivity index (χ3v) is 4.03. The van der Waals surface area contributed by atoms with Crippen LogP contribution in [-0.4, -0.2) is 41.1 Å². The Morgan fingerprint density at radius 1 is 1.04 bits per heavy atom. The van der Waals surface area contributed by atoms with Crippen LogP contribution in [0.4, 0.5) is 0 Å². The third-order valence-electron chi connectivity index (χ3n) is 4.03. The summed E-state index contributed by atoms with van der Waals surface area (Å²) < 4.78 is 1.75. The molecule has 0 aliphatic heterocycles. The van der Waals surface area contributed by atoms with Gasteiger partial charge in [0.15, 0.2) is 6.54 Å². The van der Waals surface area contributed by atoms with E-state index in [1.165, 1.54) is 0 Å². The molecule has 2 heterocycles. The van der Waals surface area contributed by atoms with Crippen molar-refractivity contribution in [2.45, 2.75) is 13.5 Å². The molecule has 2 aromatic heterocycles. The van der Waals surface area contributed by atoms with Crippen LogP contribution in [0.15, 0.2) is 60.8 Å². The van der Waals surface area contributed by atoms with Crippen LogP contribution in [0.3, 0.4) is 0 Å². The van der Waals surface area contributed by atoms with Crippen LogP contribution >= 0.6 is 0 Å². The lowest BCUT2D eigenvalue weighted by molar-refractivity contribution is -0.138. The van der Waals surface area contributed by atoms with Crippen molar-refractivity contribution in [3.63, 3.8) is 0 Å². The molecule has 1 N–H and O–H groups in total. The molecular formula is C19H16N6O2. The molecule has 0 saturated heterocycles. The molecule has 8 nitrogen and oxygen atoms in total. The van der Waals surface area contributed by atoms with Crippen LogP contribution < -0.4 is 0 Å². The van der Waals surface area contributed by atoms with Gasteiger partial charge in [0.05, 0.1) is 11.3 Å². The van der Waals surface area contributed by atoms with Gasteiger partial charge in [0.1, 0.15) is 5.69 Å². The fourth-order valence-electron chi connectivity index (χ4n) is 2.71. The molecule has 0 radical (unpaired) electrons. The van der Waals surface area contributed by atoms with Crippen LogP contribution in [0, 0.1) is 6.92 Å². The monoisotopic (exact) mass is 360 g/mol. The van der Waals surface area contributed by atoms with Gasteiger partial charge in [-0.2, -0.15) is 9.90 Å². The lowest BCUT2D eigenvalue weighted by Crippen LogP contribution is -2.11. The van der Waals surface area contributed by atoms with E-state index in [1.807, 2.05) is 67.7 Å². The largest absolute Gasteiger partial charge is 0.480 e. The van der Waals surface area contributed by atoms with Crippen LogP contribution in [0.25, 0.3) is 28.3 Å². The van der Waals surface area contributed by atoms with Crippen molar-refractivity contribution in [3.8, 4) is 28.3 Å². The van der Waals surface area contributed by atoms with Crippen LogP contribution in [0.5, 0.6) is 0 Å². The molecular weight excluding hydrogens is 344 g/mol. The zero-order valence-corrected chi connectivity index (χ0v) is 14.5. The smallest absolute Gasteiger partial charge is 0.327 e. The predicted molar refractivity (Wildman–Crippen MR) is 98.2 cm³/mol. The van der Waals surface area contributed by atoms with Gasteiger partial charge in [-0.1, -0.05) is 48.0 Å². The first-order chi connectivity index (χ1) is 13.1. The number of hydrogen-bond donors (Lipinski definition) is 1. The summed E-state index contributed by atoms with van der Waals surface area (Å²) >= 11 is 0. The summed E-state index contributed by atoms with van der Waals surface area (Å²) in [6, 6.07) is 17.7. The second-order valence-corrected chi connectivity index (χ2v) is 6.07. The van der Waals surface area contributed by atoms with E-state index >= 15 is 0 Å². The van der Waals surface area contributed by atoms with Crippen molar-refractivity contribution in [1.82, 2.24) is 30.0 Å². The highest BCUT2D eigenvalue weighted by molar-refractivity contribution is 5.77. The maximum Gasteiger partial charge on any atom is 0.327 e. The molecule has 8 heteroatoms. The molecule has 4 aromatic rings. The van der Waals surface area contributed by atoms with E-state index in [4.69, 9.17) is 10.2 Å². The number of carbonyl (C=O) groups is 1. The summed E-state index contributed by atoms with van der Waals surface area (Å²) in [7, 11) is 0. The average molecular weight is 360 g/mol. The maximum atomic E-state index is 10.9. The molecule has 0 fully saturated rings. The highest BCUT2D eigenvalue weighted by Gasteiger charge is 2.18. The van der Waals surface area contributed by atoms with E-state index in [0.717, 1.165) is 21.6 Å². The summed E-state index contributed by atoms with van der Waals surface area (Å²) in [5.74, 6) is -0.702. The first kappa shape index (κ1) is 16.6. The molecule has 0 aliphatic rings. The summed E-state index contributed by atoms with van der Waals surface area (Å²) in [6.45, 7) is 1.67. The number of rotatable bonds is 5. The van der Waals surface area contributed by atoms with Gasteiger partial charge in [-0.25, -0.2) is 4.68 Å².